The lowest BCUT2D eigenvalue weighted by Gasteiger charge is -2.24. The highest BCUT2D eigenvalue weighted by atomic mass is 16.7. The summed E-state index contributed by atoms with van der Waals surface area (Å²) in [6, 6.07) is 0. The Hall–Kier alpha value is -0.610. The molecule has 0 saturated carbocycles. The van der Waals surface area contributed by atoms with Crippen molar-refractivity contribution in [2.24, 2.45) is 11.3 Å². The maximum atomic E-state index is 11.8. The van der Waals surface area contributed by atoms with E-state index >= 15 is 0 Å². The third kappa shape index (κ3) is 3.95. The fourth-order valence-electron chi connectivity index (χ4n) is 1.65. The molecule has 0 spiro atoms. The number of hydrogen-bond acceptors (Lipinski definition) is 4. The summed E-state index contributed by atoms with van der Waals surface area (Å²) in [6.45, 7) is 12.5. The minimum Gasteiger partial charge on any atom is -0.465 e. The molecule has 0 aromatic heterocycles. The van der Waals surface area contributed by atoms with E-state index in [-0.39, 0.29) is 18.0 Å². The Morgan fingerprint density at radius 3 is 2.56 bits per heavy atom. The summed E-state index contributed by atoms with van der Waals surface area (Å²) in [7, 11) is 0. The predicted octanol–water partition coefficient (Wildman–Crippen LogP) is 2.75. The number of esters is 1. The molecule has 0 aliphatic carbocycles. The lowest BCUT2D eigenvalue weighted by molar-refractivity contribution is -0.160. The number of rotatable bonds is 5. The van der Waals surface area contributed by atoms with Crippen molar-refractivity contribution in [1.82, 2.24) is 0 Å². The van der Waals surface area contributed by atoms with Crippen molar-refractivity contribution in [3.8, 4) is 0 Å². The quantitative estimate of drug-likeness (QED) is 0.711. The van der Waals surface area contributed by atoms with Crippen LogP contribution >= 0.6 is 0 Å². The molecule has 2 unspecified atom stereocenters. The molecule has 0 aromatic carbocycles. The molecule has 1 rings (SSSR count). The first kappa shape index (κ1) is 15.4. The van der Waals surface area contributed by atoms with Gasteiger partial charge in [0.25, 0.3) is 0 Å². The van der Waals surface area contributed by atoms with Gasteiger partial charge in [0, 0.05) is 5.92 Å². The molecule has 2 atom stereocenters. The first-order chi connectivity index (χ1) is 8.18. The van der Waals surface area contributed by atoms with Crippen LogP contribution in [0.15, 0.2) is 0 Å². The van der Waals surface area contributed by atoms with Crippen LogP contribution in [-0.2, 0) is 19.0 Å². The van der Waals surface area contributed by atoms with E-state index in [9.17, 15) is 4.79 Å². The van der Waals surface area contributed by atoms with Crippen LogP contribution in [0.3, 0.4) is 0 Å². The van der Waals surface area contributed by atoms with Crippen molar-refractivity contribution < 1.29 is 19.0 Å². The van der Waals surface area contributed by atoms with Crippen LogP contribution in [0.2, 0.25) is 0 Å². The molecule has 0 bridgehead atoms. The Morgan fingerprint density at radius 2 is 2.11 bits per heavy atom. The standard InChI is InChI=1S/C14H26O4/c1-7-13(3,4)12(15)16-8-10(2)11-9-17-14(5,6)18-11/h10-11H,7-9H2,1-6H3. The summed E-state index contributed by atoms with van der Waals surface area (Å²) in [5, 5.41) is 0. The number of carbonyl (C=O) groups excluding carboxylic acids is 1. The summed E-state index contributed by atoms with van der Waals surface area (Å²) < 4.78 is 16.6. The topological polar surface area (TPSA) is 44.8 Å². The van der Waals surface area contributed by atoms with Gasteiger partial charge in [0.05, 0.1) is 24.7 Å². The highest BCUT2D eigenvalue weighted by Crippen LogP contribution is 2.27. The van der Waals surface area contributed by atoms with Gasteiger partial charge in [-0.2, -0.15) is 0 Å². The second-order valence-corrected chi connectivity index (χ2v) is 6.18. The normalized spacial score (nSPS) is 24.9. The van der Waals surface area contributed by atoms with Crippen molar-refractivity contribution in [3.63, 3.8) is 0 Å². The van der Waals surface area contributed by atoms with E-state index in [1.165, 1.54) is 0 Å². The molecule has 1 heterocycles. The zero-order valence-corrected chi connectivity index (χ0v) is 12.4. The molecule has 106 valence electrons. The Balaban J connectivity index is 2.38. The summed E-state index contributed by atoms with van der Waals surface area (Å²) in [5.41, 5.74) is -0.411. The minimum atomic E-state index is -0.522. The van der Waals surface area contributed by atoms with Crippen LogP contribution in [0.5, 0.6) is 0 Å². The Bertz CT molecular complexity index is 296. The van der Waals surface area contributed by atoms with Gasteiger partial charge < -0.3 is 14.2 Å². The Morgan fingerprint density at radius 1 is 1.50 bits per heavy atom. The first-order valence-electron chi connectivity index (χ1n) is 6.67. The molecule has 1 fully saturated rings. The molecule has 1 saturated heterocycles. The number of hydrogen-bond donors (Lipinski definition) is 0. The molecule has 0 N–H and O–H groups in total. The van der Waals surface area contributed by atoms with Crippen LogP contribution < -0.4 is 0 Å². The molecular formula is C14H26O4. The summed E-state index contributed by atoms with van der Waals surface area (Å²) in [6.07, 6.45) is 0.772. The van der Waals surface area contributed by atoms with E-state index in [2.05, 4.69) is 0 Å². The highest BCUT2D eigenvalue weighted by molar-refractivity contribution is 5.75. The maximum absolute atomic E-state index is 11.8. The van der Waals surface area contributed by atoms with Gasteiger partial charge in [-0.25, -0.2) is 0 Å². The van der Waals surface area contributed by atoms with Crippen molar-refractivity contribution in [2.75, 3.05) is 13.2 Å². The second-order valence-electron chi connectivity index (χ2n) is 6.18. The molecule has 1 aliphatic heterocycles. The first-order valence-corrected chi connectivity index (χ1v) is 6.67. The number of carbonyl (C=O) groups is 1. The molecular weight excluding hydrogens is 232 g/mol. The average Bonchev–Trinajstić information content (AvgIpc) is 2.66. The molecule has 0 aromatic rings. The van der Waals surface area contributed by atoms with Gasteiger partial charge in [-0.05, 0) is 34.1 Å². The number of ether oxygens (including phenoxy) is 3. The SMILES string of the molecule is CCC(C)(C)C(=O)OCC(C)C1COC(C)(C)O1. The van der Waals surface area contributed by atoms with Gasteiger partial charge in [-0.3, -0.25) is 4.79 Å². The van der Waals surface area contributed by atoms with E-state index < -0.39 is 11.2 Å². The van der Waals surface area contributed by atoms with Gasteiger partial charge >= 0.3 is 5.97 Å². The molecule has 0 radical (unpaired) electrons. The minimum absolute atomic E-state index is 0.00228. The van der Waals surface area contributed by atoms with Crippen LogP contribution in [0, 0.1) is 11.3 Å². The zero-order chi connectivity index (χ0) is 14.0. The van der Waals surface area contributed by atoms with Crippen molar-refractivity contribution in [1.29, 1.82) is 0 Å². The monoisotopic (exact) mass is 258 g/mol. The van der Waals surface area contributed by atoms with Gasteiger partial charge in [-0.1, -0.05) is 13.8 Å². The van der Waals surface area contributed by atoms with Crippen LogP contribution in [0.4, 0.5) is 0 Å². The zero-order valence-electron chi connectivity index (χ0n) is 12.4. The van der Waals surface area contributed by atoms with E-state index in [4.69, 9.17) is 14.2 Å². The third-order valence-corrected chi connectivity index (χ3v) is 3.58. The summed E-state index contributed by atoms with van der Waals surface area (Å²) >= 11 is 0. The molecule has 1 aliphatic rings. The largest absolute Gasteiger partial charge is 0.465 e. The molecule has 0 amide bonds. The molecule has 18 heavy (non-hydrogen) atoms. The predicted molar refractivity (Wildman–Crippen MR) is 69.1 cm³/mol. The van der Waals surface area contributed by atoms with Gasteiger partial charge in [0.15, 0.2) is 5.79 Å². The van der Waals surface area contributed by atoms with E-state index in [0.717, 1.165) is 6.42 Å². The van der Waals surface area contributed by atoms with Crippen molar-refractivity contribution >= 4 is 5.97 Å². The smallest absolute Gasteiger partial charge is 0.311 e. The van der Waals surface area contributed by atoms with Crippen molar-refractivity contribution in [3.05, 3.63) is 0 Å². The summed E-state index contributed by atoms with van der Waals surface area (Å²) in [4.78, 5) is 11.8. The Kier molecular flexibility index (Phi) is 4.78. The van der Waals surface area contributed by atoms with Crippen molar-refractivity contribution in [2.45, 2.75) is 59.9 Å². The fourth-order valence-corrected chi connectivity index (χ4v) is 1.65. The van der Waals surface area contributed by atoms with Gasteiger partial charge in [0.2, 0.25) is 0 Å². The lowest BCUT2D eigenvalue weighted by Crippen LogP contribution is -2.32. The summed E-state index contributed by atoms with van der Waals surface area (Å²) in [5.74, 6) is -0.524. The van der Waals surface area contributed by atoms with E-state index in [0.29, 0.717) is 13.2 Å². The lowest BCUT2D eigenvalue weighted by atomic mass is 9.90. The average molecular weight is 258 g/mol. The van der Waals surface area contributed by atoms with Crippen LogP contribution in [-0.4, -0.2) is 31.1 Å². The van der Waals surface area contributed by atoms with Gasteiger partial charge in [0.1, 0.15) is 0 Å². The van der Waals surface area contributed by atoms with Crippen LogP contribution in [0.25, 0.3) is 0 Å². The highest BCUT2D eigenvalue weighted by Gasteiger charge is 2.36. The van der Waals surface area contributed by atoms with Crippen LogP contribution in [0.1, 0.15) is 48.0 Å². The van der Waals surface area contributed by atoms with Gasteiger partial charge in [-0.15, -0.1) is 0 Å². The van der Waals surface area contributed by atoms with E-state index in [1.54, 1.807) is 0 Å². The molecule has 4 heteroatoms. The third-order valence-electron chi connectivity index (χ3n) is 3.58. The molecule has 4 nitrogen and oxygen atoms in total. The fraction of sp³-hybridized carbons (Fsp3) is 0.929. The Labute approximate surface area is 110 Å². The van der Waals surface area contributed by atoms with E-state index in [1.807, 2.05) is 41.5 Å². The second kappa shape index (κ2) is 5.57. The maximum Gasteiger partial charge on any atom is 0.311 e.